The van der Waals surface area contributed by atoms with Crippen molar-refractivity contribution in [1.82, 2.24) is 19.7 Å². The van der Waals surface area contributed by atoms with Crippen LogP contribution >= 0.6 is 0 Å². The third-order valence-electron chi connectivity index (χ3n) is 5.40. The molecule has 1 aliphatic heterocycles. The molecule has 9 nitrogen and oxygen atoms in total. The Labute approximate surface area is 193 Å². The number of benzene rings is 2. The average molecular weight is 448 g/mol. The third kappa shape index (κ3) is 3.59. The zero-order valence-corrected chi connectivity index (χ0v) is 17.7. The smallest absolute Gasteiger partial charge is 0.261 e. The van der Waals surface area contributed by atoms with E-state index in [2.05, 4.69) is 15.4 Å². The van der Waals surface area contributed by atoms with Gasteiger partial charge in [0.1, 0.15) is 11.6 Å². The molecular formula is C25H16N6O3. The van der Waals surface area contributed by atoms with E-state index < -0.39 is 17.7 Å². The first kappa shape index (κ1) is 20.8. The van der Waals surface area contributed by atoms with E-state index in [9.17, 15) is 19.6 Å². The number of anilines is 1. The van der Waals surface area contributed by atoms with Crippen LogP contribution in [0.2, 0.25) is 0 Å². The summed E-state index contributed by atoms with van der Waals surface area (Å²) in [5.74, 6) is -0.852. The lowest BCUT2D eigenvalue weighted by atomic mass is 10.1. The Balaban J connectivity index is 1.42. The first-order valence-electron chi connectivity index (χ1n) is 10.3. The molecule has 3 heterocycles. The molecular weight excluding hydrogens is 432 g/mol. The Morgan fingerprint density at radius 2 is 1.74 bits per heavy atom. The summed E-state index contributed by atoms with van der Waals surface area (Å²) >= 11 is 0. The topological polar surface area (TPSA) is 121 Å². The van der Waals surface area contributed by atoms with Crippen molar-refractivity contribution in [3.8, 4) is 11.9 Å². The lowest BCUT2D eigenvalue weighted by Crippen LogP contribution is -2.29. The van der Waals surface area contributed by atoms with Crippen LogP contribution in [0.15, 0.2) is 79.1 Å². The molecule has 0 saturated carbocycles. The fraction of sp³-hybridized carbons (Fsp3) is 0.0400. The highest BCUT2D eigenvalue weighted by molar-refractivity contribution is 6.22. The number of hydrogen-bond donors (Lipinski definition) is 1. The van der Waals surface area contributed by atoms with Crippen molar-refractivity contribution < 1.29 is 14.4 Å². The van der Waals surface area contributed by atoms with Gasteiger partial charge in [-0.1, -0.05) is 36.4 Å². The molecule has 3 amide bonds. The summed E-state index contributed by atoms with van der Waals surface area (Å²) in [5, 5.41) is 16.3. The molecule has 4 aromatic rings. The highest BCUT2D eigenvalue weighted by Gasteiger charge is 2.36. The highest BCUT2D eigenvalue weighted by atomic mass is 16.2. The largest absolute Gasteiger partial charge is 0.305 e. The van der Waals surface area contributed by atoms with E-state index in [-0.39, 0.29) is 34.6 Å². The maximum Gasteiger partial charge on any atom is 0.261 e. The number of rotatable bonds is 5. The Morgan fingerprint density at radius 1 is 0.971 bits per heavy atom. The van der Waals surface area contributed by atoms with E-state index in [1.807, 2.05) is 36.4 Å². The van der Waals surface area contributed by atoms with E-state index in [4.69, 9.17) is 0 Å². The molecule has 5 rings (SSSR count). The van der Waals surface area contributed by atoms with Gasteiger partial charge in [0.05, 0.1) is 23.9 Å². The van der Waals surface area contributed by atoms with Crippen LogP contribution in [0.5, 0.6) is 0 Å². The van der Waals surface area contributed by atoms with Gasteiger partial charge in [0.25, 0.3) is 17.7 Å². The fourth-order valence-corrected chi connectivity index (χ4v) is 3.72. The number of nitriles is 1. The summed E-state index contributed by atoms with van der Waals surface area (Å²) < 4.78 is 1.35. The Morgan fingerprint density at radius 3 is 2.47 bits per heavy atom. The molecule has 1 aliphatic rings. The van der Waals surface area contributed by atoms with Crippen LogP contribution in [-0.4, -0.2) is 37.4 Å². The summed E-state index contributed by atoms with van der Waals surface area (Å²) in [4.78, 5) is 44.1. The van der Waals surface area contributed by atoms with E-state index in [0.29, 0.717) is 5.82 Å². The number of hydrogen-bond acceptors (Lipinski definition) is 6. The maximum atomic E-state index is 13.0. The minimum absolute atomic E-state index is 0.142. The van der Waals surface area contributed by atoms with Gasteiger partial charge in [0, 0.05) is 11.8 Å². The van der Waals surface area contributed by atoms with Gasteiger partial charge >= 0.3 is 0 Å². The lowest BCUT2D eigenvalue weighted by molar-refractivity contribution is 0.0642. The molecule has 0 fully saturated rings. The van der Waals surface area contributed by atoms with Gasteiger partial charge in [-0.15, -0.1) is 0 Å². The molecule has 34 heavy (non-hydrogen) atoms. The fourth-order valence-electron chi connectivity index (χ4n) is 3.72. The predicted octanol–water partition coefficient (Wildman–Crippen LogP) is 3.19. The Bertz CT molecular complexity index is 1470. The number of nitrogens with one attached hydrogen (secondary N) is 1. The molecule has 0 aliphatic carbocycles. The van der Waals surface area contributed by atoms with Gasteiger partial charge in [0.15, 0.2) is 11.6 Å². The Kier molecular flexibility index (Phi) is 5.16. The normalized spacial score (nSPS) is 12.4. The summed E-state index contributed by atoms with van der Waals surface area (Å²) in [6, 6.07) is 20.7. The quantitative estimate of drug-likeness (QED) is 0.468. The number of carbonyl (C=O) groups is 3. The highest BCUT2D eigenvalue weighted by Crippen LogP contribution is 2.26. The summed E-state index contributed by atoms with van der Waals surface area (Å²) in [5.41, 5.74) is 1.54. The van der Waals surface area contributed by atoms with Crippen LogP contribution in [-0.2, 0) is 6.54 Å². The standard InChI is InChI=1S/C25H16N6O3/c26-13-18-14-28-31(21-8-4-5-11-27-21)22(18)29-23(32)17-9-10-19-20(12-17)25(34)30(24(19)33)15-16-6-2-1-3-7-16/h1-12,14H,15H2,(H,29,32). The maximum absolute atomic E-state index is 13.0. The number of amides is 3. The van der Waals surface area contributed by atoms with Crippen molar-refractivity contribution in [3.05, 3.63) is 107 Å². The molecule has 2 aromatic heterocycles. The first-order chi connectivity index (χ1) is 16.6. The van der Waals surface area contributed by atoms with Crippen LogP contribution in [0.1, 0.15) is 42.2 Å². The molecule has 0 atom stereocenters. The SMILES string of the molecule is N#Cc1cnn(-c2ccccn2)c1NC(=O)c1ccc2c(c1)C(=O)N(Cc1ccccc1)C2=O. The van der Waals surface area contributed by atoms with Crippen LogP contribution < -0.4 is 5.32 Å². The van der Waals surface area contributed by atoms with Crippen LogP contribution in [0.3, 0.4) is 0 Å². The van der Waals surface area contributed by atoms with Crippen LogP contribution in [0.4, 0.5) is 5.82 Å². The van der Waals surface area contributed by atoms with Crippen molar-refractivity contribution in [2.24, 2.45) is 0 Å². The van der Waals surface area contributed by atoms with Crippen molar-refractivity contribution >= 4 is 23.5 Å². The monoisotopic (exact) mass is 448 g/mol. The van der Waals surface area contributed by atoms with Gasteiger partial charge < -0.3 is 5.32 Å². The van der Waals surface area contributed by atoms with E-state index in [1.165, 1.54) is 29.1 Å². The first-order valence-corrected chi connectivity index (χ1v) is 10.3. The van der Waals surface area contributed by atoms with Crippen molar-refractivity contribution in [2.45, 2.75) is 6.54 Å². The molecule has 0 unspecified atom stereocenters. The summed E-state index contributed by atoms with van der Waals surface area (Å²) in [6.45, 7) is 0.142. The molecule has 164 valence electrons. The van der Waals surface area contributed by atoms with Gasteiger partial charge in [0.2, 0.25) is 0 Å². The second kappa shape index (κ2) is 8.44. The van der Waals surface area contributed by atoms with E-state index >= 15 is 0 Å². The zero-order valence-electron chi connectivity index (χ0n) is 17.7. The molecule has 1 N–H and O–H groups in total. The molecule has 0 radical (unpaired) electrons. The number of fused-ring (bicyclic) bond motifs is 1. The molecule has 0 spiro atoms. The van der Waals surface area contributed by atoms with Crippen molar-refractivity contribution in [1.29, 1.82) is 5.26 Å². The minimum atomic E-state index is -0.557. The van der Waals surface area contributed by atoms with Crippen LogP contribution in [0, 0.1) is 11.3 Å². The molecule has 0 saturated heterocycles. The zero-order chi connectivity index (χ0) is 23.7. The number of nitrogens with zero attached hydrogens (tertiary/aromatic N) is 5. The van der Waals surface area contributed by atoms with Crippen molar-refractivity contribution in [3.63, 3.8) is 0 Å². The van der Waals surface area contributed by atoms with Gasteiger partial charge in [-0.2, -0.15) is 15.0 Å². The third-order valence-corrected chi connectivity index (χ3v) is 5.40. The van der Waals surface area contributed by atoms with E-state index in [1.54, 1.807) is 24.4 Å². The van der Waals surface area contributed by atoms with Gasteiger partial charge in [-0.25, -0.2) is 4.98 Å². The molecule has 0 bridgehead atoms. The number of pyridine rings is 1. The predicted molar refractivity (Wildman–Crippen MR) is 121 cm³/mol. The van der Waals surface area contributed by atoms with Crippen LogP contribution in [0.25, 0.3) is 5.82 Å². The number of aromatic nitrogens is 3. The van der Waals surface area contributed by atoms with E-state index in [0.717, 1.165) is 10.5 Å². The second-order valence-electron chi connectivity index (χ2n) is 7.51. The van der Waals surface area contributed by atoms with Gasteiger partial charge in [-0.3, -0.25) is 19.3 Å². The second-order valence-corrected chi connectivity index (χ2v) is 7.51. The average Bonchev–Trinajstić information content (AvgIpc) is 3.39. The lowest BCUT2D eigenvalue weighted by Gasteiger charge is -2.13. The summed E-state index contributed by atoms with van der Waals surface area (Å²) in [6.07, 6.45) is 2.90. The number of carbonyl (C=O) groups excluding carboxylic acids is 3. The molecule has 9 heteroatoms. The Hall–Kier alpha value is -5.10. The number of imide groups is 1. The molecule has 2 aromatic carbocycles. The van der Waals surface area contributed by atoms with Crippen molar-refractivity contribution in [2.75, 3.05) is 5.32 Å². The minimum Gasteiger partial charge on any atom is -0.305 e. The summed E-state index contributed by atoms with van der Waals surface area (Å²) in [7, 11) is 0. The van der Waals surface area contributed by atoms with Gasteiger partial charge in [-0.05, 0) is 35.9 Å².